The van der Waals surface area contributed by atoms with Crippen LogP contribution in [0.15, 0.2) is 24.3 Å². The van der Waals surface area contributed by atoms with Crippen LogP contribution in [-0.4, -0.2) is 33.2 Å². The van der Waals surface area contributed by atoms with Crippen molar-refractivity contribution in [3.8, 4) is 23.1 Å². The van der Waals surface area contributed by atoms with Crippen molar-refractivity contribution in [1.82, 2.24) is 15.0 Å². The molecule has 0 bridgehead atoms. The molecule has 0 aliphatic carbocycles. The second-order valence-electron chi connectivity index (χ2n) is 3.64. The lowest BCUT2D eigenvalue weighted by Crippen LogP contribution is -2.04. The summed E-state index contributed by atoms with van der Waals surface area (Å²) in [6.45, 7) is -0.0678. The van der Waals surface area contributed by atoms with Crippen molar-refractivity contribution in [3.63, 3.8) is 0 Å². The van der Waals surface area contributed by atoms with Gasteiger partial charge in [-0.2, -0.15) is 5.26 Å². The third kappa shape index (κ3) is 2.37. The Bertz CT molecular complexity index is 640. The number of carboxylic acids is 1. The number of hydrogen-bond acceptors (Lipinski definition) is 5. The molecule has 2 aromatic rings. The number of aromatic carboxylic acids is 1. The van der Waals surface area contributed by atoms with Gasteiger partial charge < -0.3 is 9.84 Å². The van der Waals surface area contributed by atoms with Gasteiger partial charge in [-0.25, -0.2) is 9.48 Å². The molecule has 0 aliphatic heterocycles. The van der Waals surface area contributed by atoms with E-state index in [0.717, 1.165) is 0 Å². The lowest BCUT2D eigenvalue weighted by Gasteiger charge is -2.05. The summed E-state index contributed by atoms with van der Waals surface area (Å²) < 4.78 is 6.29. The maximum absolute atomic E-state index is 11.1. The Morgan fingerprint density at radius 2 is 2.16 bits per heavy atom. The Morgan fingerprint density at radius 3 is 2.68 bits per heavy atom. The van der Waals surface area contributed by atoms with Crippen molar-refractivity contribution < 1.29 is 14.6 Å². The van der Waals surface area contributed by atoms with Crippen LogP contribution >= 0.6 is 0 Å². The number of ether oxygens (including phenoxy) is 1. The zero-order valence-electron chi connectivity index (χ0n) is 10.1. The van der Waals surface area contributed by atoms with Crippen LogP contribution in [0.5, 0.6) is 5.75 Å². The summed E-state index contributed by atoms with van der Waals surface area (Å²) in [5, 5.41) is 25.1. The smallest absolute Gasteiger partial charge is 0.358 e. The summed E-state index contributed by atoms with van der Waals surface area (Å²) in [6, 6.07) is 8.69. The molecule has 0 fully saturated rings. The van der Waals surface area contributed by atoms with Crippen molar-refractivity contribution >= 4 is 5.97 Å². The maximum Gasteiger partial charge on any atom is 0.358 e. The molecule has 7 nitrogen and oxygen atoms in total. The molecule has 1 aromatic heterocycles. The SMILES string of the molecule is COc1ccc(-c2c(C(=O)O)nnn2CC#N)cc1. The van der Waals surface area contributed by atoms with Gasteiger partial charge in [0, 0.05) is 5.56 Å². The molecule has 0 amide bonds. The monoisotopic (exact) mass is 258 g/mol. The maximum atomic E-state index is 11.1. The molecule has 0 aliphatic rings. The molecule has 96 valence electrons. The molecule has 0 atom stereocenters. The Hall–Kier alpha value is -2.88. The molecule has 1 aromatic carbocycles. The van der Waals surface area contributed by atoms with Gasteiger partial charge in [-0.15, -0.1) is 5.10 Å². The van der Waals surface area contributed by atoms with E-state index in [2.05, 4.69) is 10.3 Å². The molecule has 0 saturated heterocycles. The van der Waals surface area contributed by atoms with Crippen LogP contribution in [0.1, 0.15) is 10.5 Å². The number of nitriles is 1. The number of rotatable bonds is 4. The van der Waals surface area contributed by atoms with Gasteiger partial charge in [0.15, 0.2) is 5.69 Å². The molecule has 0 radical (unpaired) electrons. The normalized spacial score (nSPS) is 9.89. The van der Waals surface area contributed by atoms with E-state index in [1.807, 2.05) is 6.07 Å². The number of carbonyl (C=O) groups is 1. The van der Waals surface area contributed by atoms with Gasteiger partial charge in [0.05, 0.1) is 13.2 Å². The van der Waals surface area contributed by atoms with Gasteiger partial charge in [0.2, 0.25) is 0 Å². The summed E-state index contributed by atoms with van der Waals surface area (Å²) in [5.74, 6) is -0.532. The zero-order valence-corrected chi connectivity index (χ0v) is 10.1. The van der Waals surface area contributed by atoms with Crippen LogP contribution in [0.3, 0.4) is 0 Å². The molecule has 0 spiro atoms. The van der Waals surface area contributed by atoms with Crippen molar-refractivity contribution in [2.75, 3.05) is 7.11 Å². The molecular weight excluding hydrogens is 248 g/mol. The third-order valence-electron chi connectivity index (χ3n) is 2.52. The molecule has 0 unspecified atom stereocenters. The average Bonchev–Trinajstić information content (AvgIpc) is 2.83. The molecule has 2 rings (SSSR count). The largest absolute Gasteiger partial charge is 0.497 e. The van der Waals surface area contributed by atoms with E-state index in [4.69, 9.17) is 15.1 Å². The minimum atomic E-state index is -1.19. The van der Waals surface area contributed by atoms with Crippen LogP contribution in [0.2, 0.25) is 0 Å². The van der Waals surface area contributed by atoms with Crippen molar-refractivity contribution in [2.24, 2.45) is 0 Å². The summed E-state index contributed by atoms with van der Waals surface area (Å²) in [4.78, 5) is 11.1. The molecule has 19 heavy (non-hydrogen) atoms. The first-order chi connectivity index (χ1) is 9.17. The fourth-order valence-corrected chi connectivity index (χ4v) is 1.67. The van der Waals surface area contributed by atoms with Gasteiger partial charge in [-0.1, -0.05) is 5.21 Å². The van der Waals surface area contributed by atoms with Gasteiger partial charge in [-0.05, 0) is 24.3 Å². The van der Waals surface area contributed by atoms with Crippen LogP contribution in [0, 0.1) is 11.3 Å². The molecule has 7 heteroatoms. The molecular formula is C12H10N4O3. The second kappa shape index (κ2) is 5.18. The van der Waals surface area contributed by atoms with E-state index in [1.165, 1.54) is 4.68 Å². The average molecular weight is 258 g/mol. The number of carboxylic acid groups (broad SMARTS) is 1. The summed E-state index contributed by atoms with van der Waals surface area (Å²) in [5.41, 5.74) is 0.732. The number of hydrogen-bond donors (Lipinski definition) is 1. The topological polar surface area (TPSA) is 101 Å². The van der Waals surface area contributed by atoms with Crippen LogP contribution in [0.25, 0.3) is 11.3 Å². The van der Waals surface area contributed by atoms with Crippen LogP contribution < -0.4 is 4.74 Å². The van der Waals surface area contributed by atoms with E-state index < -0.39 is 5.97 Å². The Kier molecular flexibility index (Phi) is 3.43. The minimum Gasteiger partial charge on any atom is -0.497 e. The highest BCUT2D eigenvalue weighted by Crippen LogP contribution is 2.24. The predicted molar refractivity (Wildman–Crippen MR) is 64.6 cm³/mol. The first-order valence-corrected chi connectivity index (χ1v) is 5.35. The first-order valence-electron chi connectivity index (χ1n) is 5.35. The highest BCUT2D eigenvalue weighted by atomic mass is 16.5. The molecule has 0 saturated carbocycles. The summed E-state index contributed by atoms with van der Waals surface area (Å²) in [6.07, 6.45) is 0. The quantitative estimate of drug-likeness (QED) is 0.883. The fraction of sp³-hybridized carbons (Fsp3) is 0.167. The van der Waals surface area contributed by atoms with Gasteiger partial charge in [-0.3, -0.25) is 0 Å². The van der Waals surface area contributed by atoms with E-state index in [9.17, 15) is 4.79 Å². The van der Waals surface area contributed by atoms with Crippen molar-refractivity contribution in [3.05, 3.63) is 30.0 Å². The fourth-order valence-electron chi connectivity index (χ4n) is 1.67. The van der Waals surface area contributed by atoms with Crippen molar-refractivity contribution in [2.45, 2.75) is 6.54 Å². The number of nitrogens with zero attached hydrogens (tertiary/aromatic N) is 4. The van der Waals surface area contributed by atoms with Crippen LogP contribution in [0.4, 0.5) is 0 Å². The summed E-state index contributed by atoms with van der Waals surface area (Å²) >= 11 is 0. The van der Waals surface area contributed by atoms with Gasteiger partial charge >= 0.3 is 5.97 Å². The minimum absolute atomic E-state index is 0.0678. The predicted octanol–water partition coefficient (Wildman–Crippen LogP) is 1.18. The lowest BCUT2D eigenvalue weighted by atomic mass is 10.1. The Morgan fingerprint density at radius 1 is 1.47 bits per heavy atom. The number of methoxy groups -OCH3 is 1. The van der Waals surface area contributed by atoms with Gasteiger partial charge in [0.25, 0.3) is 0 Å². The number of aromatic nitrogens is 3. The number of benzene rings is 1. The highest BCUT2D eigenvalue weighted by Gasteiger charge is 2.20. The molecule has 1 N–H and O–H groups in total. The van der Waals surface area contributed by atoms with Gasteiger partial charge in [0.1, 0.15) is 18.0 Å². The van der Waals surface area contributed by atoms with E-state index in [-0.39, 0.29) is 12.2 Å². The lowest BCUT2D eigenvalue weighted by molar-refractivity contribution is 0.0691. The van der Waals surface area contributed by atoms with Crippen molar-refractivity contribution in [1.29, 1.82) is 5.26 Å². The first kappa shape index (κ1) is 12.6. The summed E-state index contributed by atoms with van der Waals surface area (Å²) in [7, 11) is 1.54. The second-order valence-corrected chi connectivity index (χ2v) is 3.64. The highest BCUT2D eigenvalue weighted by molar-refractivity contribution is 5.92. The van der Waals surface area contributed by atoms with E-state index >= 15 is 0 Å². The van der Waals surface area contributed by atoms with E-state index in [0.29, 0.717) is 17.0 Å². The van der Waals surface area contributed by atoms with Crippen LogP contribution in [-0.2, 0) is 6.54 Å². The third-order valence-corrected chi connectivity index (χ3v) is 2.52. The molecule has 1 heterocycles. The Balaban J connectivity index is 2.54. The Labute approximate surface area is 108 Å². The van der Waals surface area contributed by atoms with E-state index in [1.54, 1.807) is 31.4 Å². The standard InChI is InChI=1S/C12H10N4O3/c1-19-9-4-2-8(3-5-9)11-10(12(17)18)14-15-16(11)7-6-13/h2-5H,7H2,1H3,(H,17,18). The zero-order chi connectivity index (χ0) is 13.8.